The van der Waals surface area contributed by atoms with Crippen LogP contribution in [0.15, 0.2) is 95.1 Å². The van der Waals surface area contributed by atoms with Crippen LogP contribution in [0.2, 0.25) is 0 Å². The molecular weight excluding hydrogens is 298 g/mol. The first-order valence-electron chi connectivity index (χ1n) is 7.65. The number of ether oxygens (including phenoxy) is 1. The smallest absolute Gasteiger partial charge is 0.127 e. The van der Waals surface area contributed by atoms with Gasteiger partial charge in [-0.2, -0.15) is 0 Å². The summed E-state index contributed by atoms with van der Waals surface area (Å²) in [6.45, 7) is 0. The number of hydrogen-bond donors (Lipinski definition) is 0. The Morgan fingerprint density at radius 2 is 1.00 bits per heavy atom. The van der Waals surface area contributed by atoms with Gasteiger partial charge in [-0.05, 0) is 41.9 Å². The zero-order valence-electron chi connectivity index (χ0n) is 12.8. The van der Waals surface area contributed by atoms with Crippen LogP contribution in [0.5, 0.6) is 11.5 Å². The Balaban J connectivity index is 1.56. The van der Waals surface area contributed by atoms with E-state index in [0.29, 0.717) is 0 Å². The number of rotatable bonds is 4. The number of hydrogen-bond acceptors (Lipinski definition) is 3. The highest BCUT2D eigenvalue weighted by Gasteiger charge is 2.19. The molecule has 0 spiro atoms. The van der Waals surface area contributed by atoms with Crippen LogP contribution in [0, 0.1) is 0 Å². The Hall–Kier alpha value is -3.40. The Labute approximate surface area is 140 Å². The summed E-state index contributed by atoms with van der Waals surface area (Å²) in [7, 11) is 0. The Morgan fingerprint density at radius 1 is 0.500 bits per heavy atom. The van der Waals surface area contributed by atoms with Gasteiger partial charge in [-0.15, -0.1) is 10.2 Å². The predicted octanol–water partition coefficient (Wildman–Crippen LogP) is 4.21. The molecule has 24 heavy (non-hydrogen) atoms. The van der Waals surface area contributed by atoms with Gasteiger partial charge in [0.1, 0.15) is 22.9 Å². The van der Waals surface area contributed by atoms with E-state index in [0.717, 1.165) is 34.0 Å². The summed E-state index contributed by atoms with van der Waals surface area (Å²) in [5, 5.41) is 8.34. The van der Waals surface area contributed by atoms with Gasteiger partial charge in [0.05, 0.1) is 0 Å². The number of nitrogens with zero attached hydrogens (tertiary/aromatic N) is 3. The first kappa shape index (κ1) is 14.2. The van der Waals surface area contributed by atoms with Crippen LogP contribution in [0.4, 0.5) is 0 Å². The molecule has 0 aliphatic carbocycles. The van der Waals surface area contributed by atoms with Crippen molar-refractivity contribution in [3.63, 3.8) is 0 Å². The summed E-state index contributed by atoms with van der Waals surface area (Å²) in [6.07, 6.45) is 0. The molecule has 4 rings (SSSR count). The zero-order valence-corrected chi connectivity index (χ0v) is 12.8. The summed E-state index contributed by atoms with van der Waals surface area (Å²) in [5.74, 6) is 1.59. The molecule has 3 aromatic carbocycles. The zero-order chi connectivity index (χ0) is 16.2. The van der Waals surface area contributed by atoms with Crippen LogP contribution in [0.1, 0.15) is 11.1 Å². The van der Waals surface area contributed by atoms with Crippen molar-refractivity contribution in [2.24, 2.45) is 10.2 Å². The van der Waals surface area contributed by atoms with E-state index in [1.165, 1.54) is 0 Å². The van der Waals surface area contributed by atoms with Gasteiger partial charge in [0.15, 0.2) is 0 Å². The highest BCUT2D eigenvalue weighted by molar-refractivity contribution is 6.54. The molecule has 1 aliphatic rings. The highest BCUT2D eigenvalue weighted by atomic mass is 16.5. The standard InChI is InChI=1S/C20H14N3O/c1-3-7-15(8-4-1)19-20(22-23-21-19)16-11-13-18(14-12-16)24-17-9-5-2-6-10-17/h1-14H. The fourth-order valence-corrected chi connectivity index (χ4v) is 2.50. The summed E-state index contributed by atoms with van der Waals surface area (Å²) in [6, 6.07) is 27.4. The summed E-state index contributed by atoms with van der Waals surface area (Å²) in [4.78, 5) is 0. The highest BCUT2D eigenvalue weighted by Crippen LogP contribution is 2.22. The van der Waals surface area contributed by atoms with E-state index >= 15 is 0 Å². The Bertz CT molecular complexity index is 885. The lowest BCUT2D eigenvalue weighted by Gasteiger charge is -2.07. The van der Waals surface area contributed by atoms with E-state index in [-0.39, 0.29) is 0 Å². The van der Waals surface area contributed by atoms with Crippen molar-refractivity contribution >= 4 is 11.4 Å². The van der Waals surface area contributed by atoms with Gasteiger partial charge < -0.3 is 4.74 Å². The number of benzene rings is 3. The van der Waals surface area contributed by atoms with Gasteiger partial charge in [0.25, 0.3) is 0 Å². The Kier molecular flexibility index (Phi) is 3.78. The Morgan fingerprint density at radius 3 is 1.62 bits per heavy atom. The van der Waals surface area contributed by atoms with Crippen molar-refractivity contribution in [3.8, 4) is 11.5 Å². The van der Waals surface area contributed by atoms with Crippen LogP contribution in [0.3, 0.4) is 0 Å². The van der Waals surface area contributed by atoms with Crippen molar-refractivity contribution < 1.29 is 4.74 Å². The van der Waals surface area contributed by atoms with Gasteiger partial charge in [-0.3, -0.25) is 0 Å². The van der Waals surface area contributed by atoms with Crippen molar-refractivity contribution in [1.29, 1.82) is 0 Å². The summed E-state index contributed by atoms with van der Waals surface area (Å²) >= 11 is 0. The van der Waals surface area contributed by atoms with Crippen LogP contribution in [-0.2, 0) is 0 Å². The normalized spacial score (nSPS) is 13.0. The van der Waals surface area contributed by atoms with Crippen molar-refractivity contribution in [1.82, 2.24) is 5.53 Å². The minimum absolute atomic E-state index is 0.771. The molecule has 0 saturated carbocycles. The van der Waals surface area contributed by atoms with Gasteiger partial charge in [0.2, 0.25) is 0 Å². The third-order valence-electron chi connectivity index (χ3n) is 3.67. The van der Waals surface area contributed by atoms with Gasteiger partial charge in [-0.1, -0.05) is 48.5 Å². The molecule has 1 aliphatic heterocycles. The third-order valence-corrected chi connectivity index (χ3v) is 3.67. The van der Waals surface area contributed by atoms with Crippen molar-refractivity contribution in [2.45, 2.75) is 0 Å². The SMILES string of the molecule is c1ccc(Oc2ccc(C3=N[N]N=C3c3ccccc3)cc2)cc1. The fraction of sp³-hybridized carbons (Fsp3) is 0. The molecule has 0 N–H and O–H groups in total. The molecule has 0 atom stereocenters. The molecule has 0 bridgehead atoms. The van der Waals surface area contributed by atoms with Crippen molar-refractivity contribution in [3.05, 3.63) is 96.1 Å². The van der Waals surface area contributed by atoms with Crippen LogP contribution in [0.25, 0.3) is 0 Å². The fourth-order valence-electron chi connectivity index (χ4n) is 2.50. The molecule has 1 heterocycles. The van der Waals surface area contributed by atoms with E-state index in [1.807, 2.05) is 84.9 Å². The van der Waals surface area contributed by atoms with Gasteiger partial charge in [0, 0.05) is 11.1 Å². The van der Waals surface area contributed by atoms with E-state index in [9.17, 15) is 0 Å². The average Bonchev–Trinajstić information content (AvgIpc) is 3.14. The molecular formula is C20H14N3O. The van der Waals surface area contributed by atoms with Crippen LogP contribution in [-0.4, -0.2) is 11.4 Å². The average molecular weight is 312 g/mol. The molecule has 4 heteroatoms. The monoisotopic (exact) mass is 312 g/mol. The van der Waals surface area contributed by atoms with Crippen molar-refractivity contribution in [2.75, 3.05) is 0 Å². The second-order valence-electron chi connectivity index (χ2n) is 5.29. The first-order valence-corrected chi connectivity index (χ1v) is 7.65. The quantitative estimate of drug-likeness (QED) is 0.712. The molecule has 4 nitrogen and oxygen atoms in total. The van der Waals surface area contributed by atoms with E-state index in [2.05, 4.69) is 15.7 Å². The van der Waals surface area contributed by atoms with Crippen LogP contribution < -0.4 is 10.3 Å². The lowest BCUT2D eigenvalue weighted by molar-refractivity contribution is 0.482. The third kappa shape index (κ3) is 2.90. The second-order valence-corrected chi connectivity index (χ2v) is 5.29. The minimum Gasteiger partial charge on any atom is -0.457 e. The van der Waals surface area contributed by atoms with E-state index in [4.69, 9.17) is 4.74 Å². The molecule has 3 aromatic rings. The van der Waals surface area contributed by atoms with Gasteiger partial charge >= 0.3 is 0 Å². The maximum absolute atomic E-state index is 5.81. The largest absolute Gasteiger partial charge is 0.457 e. The maximum Gasteiger partial charge on any atom is 0.127 e. The lowest BCUT2D eigenvalue weighted by Crippen LogP contribution is -2.13. The second kappa shape index (κ2) is 6.38. The van der Waals surface area contributed by atoms with E-state index in [1.54, 1.807) is 0 Å². The molecule has 115 valence electrons. The number of para-hydroxylation sites is 1. The first-order chi connectivity index (χ1) is 11.9. The molecule has 0 saturated heterocycles. The molecule has 0 aromatic heterocycles. The predicted molar refractivity (Wildman–Crippen MR) is 94.6 cm³/mol. The minimum atomic E-state index is 0.771. The molecule has 0 unspecified atom stereocenters. The van der Waals surface area contributed by atoms with Gasteiger partial charge in [-0.25, -0.2) is 0 Å². The topological polar surface area (TPSA) is 48.0 Å². The molecule has 0 amide bonds. The summed E-state index contributed by atoms with van der Waals surface area (Å²) in [5.41, 5.74) is 7.35. The maximum atomic E-state index is 5.81. The molecule has 1 radical (unpaired) electrons. The summed E-state index contributed by atoms with van der Waals surface area (Å²) < 4.78 is 5.81. The van der Waals surface area contributed by atoms with E-state index < -0.39 is 0 Å². The lowest BCUT2D eigenvalue weighted by atomic mass is 10.00. The molecule has 0 fully saturated rings. The van der Waals surface area contributed by atoms with Crippen LogP contribution >= 0.6 is 0 Å².